The maximum absolute atomic E-state index is 13.7. The molecule has 0 saturated heterocycles. The van der Waals surface area contributed by atoms with Crippen LogP contribution in [-0.2, 0) is 0 Å². The van der Waals surface area contributed by atoms with E-state index in [4.69, 9.17) is 5.73 Å². The van der Waals surface area contributed by atoms with Gasteiger partial charge >= 0.3 is 0 Å². The van der Waals surface area contributed by atoms with Crippen molar-refractivity contribution < 1.29 is 13.6 Å². The maximum Gasteiger partial charge on any atom is 0.284 e. The zero-order valence-corrected chi connectivity index (χ0v) is 16.5. The fraction of sp³-hybridized carbons (Fsp3) is 0.350. The summed E-state index contributed by atoms with van der Waals surface area (Å²) < 4.78 is 32.0. The number of fused-ring (bicyclic) bond motifs is 1. The molecule has 2 N–H and O–H groups in total. The van der Waals surface area contributed by atoms with Crippen LogP contribution in [0.5, 0.6) is 0 Å². The summed E-state index contributed by atoms with van der Waals surface area (Å²) >= 11 is 0. The zero-order chi connectivity index (χ0) is 21.5. The summed E-state index contributed by atoms with van der Waals surface area (Å²) in [6.07, 6.45) is 8.72. The average Bonchev–Trinajstić information content (AvgIpc) is 3.50. The number of hydrogen-bond acceptors (Lipinski definition) is 5. The topological polar surface area (TPSA) is 109 Å². The van der Waals surface area contributed by atoms with E-state index in [2.05, 4.69) is 20.4 Å². The van der Waals surface area contributed by atoms with Crippen LogP contribution in [0, 0.1) is 0 Å². The third kappa shape index (κ3) is 3.45. The first kappa shape index (κ1) is 19.3. The van der Waals surface area contributed by atoms with Gasteiger partial charge in [0.05, 0.1) is 24.0 Å². The monoisotopic (exact) mass is 426 g/mol. The molecule has 1 saturated carbocycles. The maximum atomic E-state index is 13.7. The van der Waals surface area contributed by atoms with Crippen LogP contribution in [-0.4, -0.2) is 40.2 Å². The van der Waals surface area contributed by atoms with Crippen LogP contribution in [0.25, 0.3) is 22.5 Å². The quantitative estimate of drug-likeness (QED) is 0.526. The smallest absolute Gasteiger partial charge is 0.284 e. The Morgan fingerprint density at radius 1 is 1.19 bits per heavy atom. The molecule has 4 aromatic heterocycles. The molecule has 11 heteroatoms. The Labute approximate surface area is 175 Å². The number of nitrogens with zero attached hydrogens (tertiary/aromatic N) is 7. The summed E-state index contributed by atoms with van der Waals surface area (Å²) in [5.41, 5.74) is 6.04. The van der Waals surface area contributed by atoms with Gasteiger partial charge in [-0.3, -0.25) is 14.0 Å². The first-order valence-corrected chi connectivity index (χ1v) is 10.1. The highest BCUT2D eigenvalue weighted by Crippen LogP contribution is 2.31. The molecule has 160 valence electrons. The summed E-state index contributed by atoms with van der Waals surface area (Å²) in [5.74, 6) is -0.164. The van der Waals surface area contributed by atoms with Crippen LogP contribution in [0.3, 0.4) is 0 Å². The van der Waals surface area contributed by atoms with E-state index in [0.717, 1.165) is 25.7 Å². The van der Waals surface area contributed by atoms with E-state index in [1.807, 2.05) is 0 Å². The summed E-state index contributed by atoms with van der Waals surface area (Å²) in [4.78, 5) is 15.6. The molecular weight excluding hydrogens is 406 g/mol. The van der Waals surface area contributed by atoms with Gasteiger partial charge in [-0.1, -0.05) is 24.5 Å². The van der Waals surface area contributed by atoms with Crippen molar-refractivity contribution in [2.45, 2.75) is 44.6 Å². The van der Waals surface area contributed by atoms with E-state index in [-0.39, 0.29) is 17.4 Å². The Hall–Kier alpha value is -3.63. The Balaban J connectivity index is 1.51. The third-order valence-corrected chi connectivity index (χ3v) is 5.68. The predicted molar refractivity (Wildman–Crippen MR) is 107 cm³/mol. The lowest BCUT2D eigenvalue weighted by molar-refractivity contribution is 0.1000. The van der Waals surface area contributed by atoms with Gasteiger partial charge in [-0.25, -0.2) is 18.4 Å². The van der Waals surface area contributed by atoms with Crippen molar-refractivity contribution in [3.8, 4) is 11.5 Å². The Morgan fingerprint density at radius 2 is 2.00 bits per heavy atom. The van der Waals surface area contributed by atoms with Gasteiger partial charge in [-0.2, -0.15) is 5.10 Å². The second kappa shape index (κ2) is 7.56. The largest absolute Gasteiger partial charge is 0.366 e. The number of halogens is 2. The van der Waals surface area contributed by atoms with Crippen LogP contribution in [0.15, 0.2) is 36.9 Å². The molecule has 0 aliphatic heterocycles. The van der Waals surface area contributed by atoms with Gasteiger partial charge in [0.25, 0.3) is 6.43 Å². The minimum Gasteiger partial charge on any atom is -0.366 e. The lowest BCUT2D eigenvalue weighted by Crippen LogP contribution is -2.13. The van der Waals surface area contributed by atoms with Crippen molar-refractivity contribution in [2.75, 3.05) is 0 Å². The first-order chi connectivity index (χ1) is 15.0. The van der Waals surface area contributed by atoms with Gasteiger partial charge < -0.3 is 5.73 Å². The van der Waals surface area contributed by atoms with E-state index in [1.165, 1.54) is 17.3 Å². The van der Waals surface area contributed by atoms with Crippen LogP contribution >= 0.6 is 0 Å². The van der Waals surface area contributed by atoms with Crippen molar-refractivity contribution in [1.29, 1.82) is 0 Å². The van der Waals surface area contributed by atoms with Crippen molar-refractivity contribution in [2.24, 2.45) is 5.73 Å². The average molecular weight is 426 g/mol. The molecular formula is C20H20F2N8O. The number of amides is 1. The van der Waals surface area contributed by atoms with Crippen LogP contribution in [0.4, 0.5) is 8.78 Å². The van der Waals surface area contributed by atoms with Crippen LogP contribution in [0.1, 0.15) is 60.6 Å². The molecule has 1 aliphatic rings. The molecule has 4 heterocycles. The van der Waals surface area contributed by atoms with Crippen LogP contribution in [0.2, 0.25) is 0 Å². The highest BCUT2D eigenvalue weighted by molar-refractivity contribution is 5.95. The molecule has 0 unspecified atom stereocenters. The molecule has 0 bridgehead atoms. The predicted octanol–water partition coefficient (Wildman–Crippen LogP) is 3.34. The standard InChI is InChI=1S/C20H20F2N8O/c21-18(22)17-15(10-29(26-17)14-4-2-1-3-5-14)30-11-16(25-27-30)28-7-6-12-8-13(19(23)31)9-24-20(12)28/h6-11,14,18H,1-5H2,(H2,23,31). The summed E-state index contributed by atoms with van der Waals surface area (Å²) in [7, 11) is 0. The number of carbonyl (C=O) groups is 1. The molecule has 31 heavy (non-hydrogen) atoms. The SMILES string of the molecule is NC(=O)c1cnc2c(ccn2-c2cn(-c3cn(C4CCCCC4)nc3C(F)F)nn2)c1. The van der Waals surface area contributed by atoms with Crippen molar-refractivity contribution in [1.82, 2.24) is 34.3 Å². The normalized spacial score (nSPS) is 15.2. The number of pyridine rings is 1. The molecule has 0 atom stereocenters. The number of primary amides is 1. The number of rotatable bonds is 5. The third-order valence-electron chi connectivity index (χ3n) is 5.68. The van der Waals surface area contributed by atoms with E-state index >= 15 is 0 Å². The van der Waals surface area contributed by atoms with E-state index in [9.17, 15) is 13.6 Å². The van der Waals surface area contributed by atoms with Crippen LogP contribution < -0.4 is 5.73 Å². The zero-order valence-electron chi connectivity index (χ0n) is 16.5. The molecule has 0 spiro atoms. The van der Waals surface area contributed by atoms with Crippen molar-refractivity contribution >= 4 is 16.9 Å². The molecule has 1 aliphatic carbocycles. The summed E-state index contributed by atoms with van der Waals surface area (Å²) in [6, 6.07) is 3.52. The summed E-state index contributed by atoms with van der Waals surface area (Å²) in [6.45, 7) is 0. The number of hydrogen-bond donors (Lipinski definition) is 1. The Morgan fingerprint density at radius 3 is 2.74 bits per heavy atom. The van der Waals surface area contributed by atoms with Gasteiger partial charge in [-0.15, -0.1) is 5.10 Å². The lowest BCUT2D eigenvalue weighted by Gasteiger charge is -2.21. The van der Waals surface area contributed by atoms with Gasteiger partial charge in [0.1, 0.15) is 11.3 Å². The Kier molecular flexibility index (Phi) is 4.72. The first-order valence-electron chi connectivity index (χ1n) is 10.1. The fourth-order valence-electron chi connectivity index (χ4n) is 4.09. The van der Waals surface area contributed by atoms with E-state index < -0.39 is 12.3 Å². The molecule has 9 nitrogen and oxygen atoms in total. The van der Waals surface area contributed by atoms with Gasteiger partial charge in [0.2, 0.25) is 5.91 Å². The molecule has 1 amide bonds. The van der Waals surface area contributed by atoms with Crippen molar-refractivity contribution in [3.63, 3.8) is 0 Å². The highest BCUT2D eigenvalue weighted by atomic mass is 19.3. The number of aromatic nitrogens is 7. The Bertz CT molecular complexity index is 1250. The highest BCUT2D eigenvalue weighted by Gasteiger charge is 2.25. The fourth-order valence-corrected chi connectivity index (χ4v) is 4.09. The second-order valence-corrected chi connectivity index (χ2v) is 7.68. The number of carbonyl (C=O) groups excluding carboxylic acids is 1. The molecule has 5 rings (SSSR count). The van der Waals surface area contributed by atoms with Gasteiger partial charge in [-0.05, 0) is 25.0 Å². The van der Waals surface area contributed by atoms with Crippen molar-refractivity contribution in [3.05, 3.63) is 48.2 Å². The minimum atomic E-state index is -2.73. The molecule has 0 radical (unpaired) electrons. The lowest BCUT2D eigenvalue weighted by atomic mass is 9.96. The number of nitrogens with two attached hydrogens (primary N) is 1. The van der Waals surface area contributed by atoms with E-state index in [0.29, 0.717) is 22.4 Å². The van der Waals surface area contributed by atoms with Gasteiger partial charge in [0, 0.05) is 17.8 Å². The summed E-state index contributed by atoms with van der Waals surface area (Å²) in [5, 5.41) is 13.1. The minimum absolute atomic E-state index is 0.125. The molecule has 4 aromatic rings. The second-order valence-electron chi connectivity index (χ2n) is 7.68. The van der Waals surface area contributed by atoms with Gasteiger partial charge in [0.15, 0.2) is 11.5 Å². The number of alkyl halides is 2. The van der Waals surface area contributed by atoms with E-state index in [1.54, 1.807) is 40.0 Å². The molecule has 1 fully saturated rings. The molecule has 0 aromatic carbocycles.